The molecule has 1 heteroatoms. The molecule has 0 N–H and O–H groups in total. The lowest BCUT2D eigenvalue weighted by Crippen LogP contribution is -1.99. The molecule has 0 saturated heterocycles. The lowest BCUT2D eigenvalue weighted by molar-refractivity contribution is 0.712. The number of rotatable bonds is 5. The van der Waals surface area contributed by atoms with E-state index in [1.165, 1.54) is 58.6 Å². The first-order valence-corrected chi connectivity index (χ1v) is 9.84. The van der Waals surface area contributed by atoms with Crippen molar-refractivity contribution < 1.29 is 0 Å². The summed E-state index contributed by atoms with van der Waals surface area (Å²) in [6.45, 7) is 4.57. The lowest BCUT2D eigenvalue weighted by atomic mass is 9.89. The molecule has 1 aliphatic heterocycles. The molecule has 1 unspecified atom stereocenters. The molecule has 2 aromatic carbocycles. The third-order valence-corrected chi connectivity index (χ3v) is 5.93. The van der Waals surface area contributed by atoms with Gasteiger partial charge in [-0.15, -0.1) is 11.8 Å². The van der Waals surface area contributed by atoms with Gasteiger partial charge in [-0.25, -0.2) is 0 Å². The monoisotopic (exact) mass is 322 g/mol. The Morgan fingerprint density at radius 2 is 1.70 bits per heavy atom. The molecule has 0 amide bonds. The van der Waals surface area contributed by atoms with Crippen LogP contribution in [0.1, 0.15) is 49.8 Å². The Morgan fingerprint density at radius 3 is 2.48 bits per heavy atom. The molecular formula is C22H26S. The second kappa shape index (κ2) is 7.88. The van der Waals surface area contributed by atoms with Crippen LogP contribution in [0.3, 0.4) is 0 Å². The summed E-state index contributed by atoms with van der Waals surface area (Å²) in [6, 6.07) is 17.9. The van der Waals surface area contributed by atoms with Crippen LogP contribution < -0.4 is 0 Å². The molecule has 1 aliphatic rings. The largest absolute Gasteiger partial charge is 0.125 e. The predicted molar refractivity (Wildman–Crippen MR) is 103 cm³/mol. The molecule has 0 spiro atoms. The number of hydrogen-bond donors (Lipinski definition) is 0. The Kier molecular flexibility index (Phi) is 5.61. The van der Waals surface area contributed by atoms with Gasteiger partial charge >= 0.3 is 0 Å². The molecule has 1 heterocycles. The highest BCUT2D eigenvalue weighted by Gasteiger charge is 2.19. The molecule has 0 bridgehead atoms. The summed E-state index contributed by atoms with van der Waals surface area (Å²) in [4.78, 5) is 1.43. The van der Waals surface area contributed by atoms with Gasteiger partial charge in [0, 0.05) is 10.6 Å². The molecule has 3 rings (SSSR count). The minimum absolute atomic E-state index is 0.654. The van der Waals surface area contributed by atoms with E-state index in [1.54, 1.807) is 0 Å². The lowest BCUT2D eigenvalue weighted by Gasteiger charge is -2.15. The number of allylic oxidation sites excluding steroid dienone is 1. The predicted octanol–water partition coefficient (Wildman–Crippen LogP) is 6.59. The minimum atomic E-state index is 0.654. The number of unbranched alkanes of at least 4 members (excludes halogenated alkanes) is 1. The van der Waals surface area contributed by atoms with E-state index in [2.05, 4.69) is 68.5 Å². The van der Waals surface area contributed by atoms with Crippen molar-refractivity contribution in [2.45, 2.75) is 44.4 Å². The second-order valence-corrected chi connectivity index (χ2v) is 7.38. The summed E-state index contributed by atoms with van der Waals surface area (Å²) >= 11 is 2.01. The van der Waals surface area contributed by atoms with Crippen LogP contribution in [0.4, 0.5) is 0 Å². The summed E-state index contributed by atoms with van der Waals surface area (Å²) in [5.41, 5.74) is 5.80. The van der Waals surface area contributed by atoms with Crippen molar-refractivity contribution in [3.05, 3.63) is 71.3 Å². The Hall–Kier alpha value is -1.47. The molecule has 0 aliphatic carbocycles. The van der Waals surface area contributed by atoms with Gasteiger partial charge in [0.15, 0.2) is 0 Å². The number of aryl methyl sites for hydroxylation is 1. The van der Waals surface area contributed by atoms with E-state index in [4.69, 9.17) is 0 Å². The first-order valence-electron chi connectivity index (χ1n) is 8.85. The molecule has 2 aromatic rings. The number of fused-ring (bicyclic) bond motifs is 1. The van der Waals surface area contributed by atoms with Crippen LogP contribution in [-0.2, 0) is 6.42 Å². The Labute approximate surface area is 145 Å². The van der Waals surface area contributed by atoms with Gasteiger partial charge in [-0.05, 0) is 53.5 Å². The quantitative estimate of drug-likeness (QED) is 0.598. The smallest absolute Gasteiger partial charge is 0.0151 e. The molecule has 0 nitrogen and oxygen atoms in total. The van der Waals surface area contributed by atoms with Crippen LogP contribution in [-0.4, -0.2) is 5.75 Å². The van der Waals surface area contributed by atoms with E-state index in [1.807, 2.05) is 11.8 Å². The van der Waals surface area contributed by atoms with Crippen LogP contribution in [0.15, 0.2) is 59.5 Å². The summed E-state index contributed by atoms with van der Waals surface area (Å²) in [7, 11) is 0. The van der Waals surface area contributed by atoms with Gasteiger partial charge in [0.25, 0.3) is 0 Å². The maximum absolute atomic E-state index is 2.53. The van der Waals surface area contributed by atoms with Crippen molar-refractivity contribution in [1.29, 1.82) is 0 Å². The summed E-state index contributed by atoms with van der Waals surface area (Å²) in [5, 5.41) is 0. The maximum Gasteiger partial charge on any atom is 0.0151 e. The second-order valence-electron chi connectivity index (χ2n) is 6.32. The number of thioether (sulfide) groups is 1. The molecule has 0 fully saturated rings. The van der Waals surface area contributed by atoms with Crippen molar-refractivity contribution in [2.75, 3.05) is 5.75 Å². The standard InChI is InChI=1S/C22H26S/c1-3-5-10-18-11-6-7-12-19(18)21-15-17(4-2)16-23-22-14-9-8-13-20(21)22/h6-9,11-15,17H,3-5,10,16H2,1-2H3. The zero-order valence-corrected chi connectivity index (χ0v) is 15.0. The molecule has 0 radical (unpaired) electrons. The fourth-order valence-corrected chi connectivity index (χ4v) is 4.46. The van der Waals surface area contributed by atoms with Gasteiger partial charge in [0.1, 0.15) is 0 Å². The van der Waals surface area contributed by atoms with Crippen molar-refractivity contribution in [3.63, 3.8) is 0 Å². The summed E-state index contributed by atoms with van der Waals surface area (Å²) in [5.74, 6) is 1.84. The van der Waals surface area contributed by atoms with E-state index < -0.39 is 0 Å². The van der Waals surface area contributed by atoms with E-state index in [0.717, 1.165) is 0 Å². The molecule has 1 atom stereocenters. The molecular weight excluding hydrogens is 296 g/mol. The van der Waals surface area contributed by atoms with E-state index in [0.29, 0.717) is 5.92 Å². The van der Waals surface area contributed by atoms with Crippen LogP contribution in [0.5, 0.6) is 0 Å². The van der Waals surface area contributed by atoms with Gasteiger partial charge < -0.3 is 0 Å². The van der Waals surface area contributed by atoms with Crippen LogP contribution in [0, 0.1) is 5.92 Å². The third kappa shape index (κ3) is 3.72. The van der Waals surface area contributed by atoms with Gasteiger partial charge in [-0.2, -0.15) is 0 Å². The number of hydrogen-bond acceptors (Lipinski definition) is 1. The highest BCUT2D eigenvalue weighted by atomic mass is 32.2. The van der Waals surface area contributed by atoms with E-state index in [-0.39, 0.29) is 0 Å². The Balaban J connectivity index is 2.10. The van der Waals surface area contributed by atoms with Gasteiger partial charge in [0.05, 0.1) is 0 Å². The zero-order valence-electron chi connectivity index (χ0n) is 14.2. The van der Waals surface area contributed by atoms with Crippen LogP contribution in [0.25, 0.3) is 5.57 Å². The van der Waals surface area contributed by atoms with Crippen molar-refractivity contribution in [2.24, 2.45) is 5.92 Å². The average molecular weight is 323 g/mol. The fraction of sp³-hybridized carbons (Fsp3) is 0.364. The van der Waals surface area contributed by atoms with Gasteiger partial charge in [0.2, 0.25) is 0 Å². The topological polar surface area (TPSA) is 0 Å². The summed E-state index contributed by atoms with van der Waals surface area (Å²) in [6.07, 6.45) is 7.43. The normalized spacial score (nSPS) is 17.3. The minimum Gasteiger partial charge on any atom is -0.125 e. The molecule has 120 valence electrons. The van der Waals surface area contributed by atoms with Gasteiger partial charge in [-0.3, -0.25) is 0 Å². The average Bonchev–Trinajstić information content (AvgIpc) is 2.80. The van der Waals surface area contributed by atoms with Crippen molar-refractivity contribution >= 4 is 17.3 Å². The highest BCUT2D eigenvalue weighted by molar-refractivity contribution is 7.99. The molecule has 0 aromatic heterocycles. The Bertz CT molecular complexity index is 684. The molecule has 0 saturated carbocycles. The highest BCUT2D eigenvalue weighted by Crippen LogP contribution is 2.39. The SMILES string of the molecule is CCCCc1ccccc1C1=CC(CC)CSc2ccccc21. The van der Waals surface area contributed by atoms with Crippen LogP contribution in [0.2, 0.25) is 0 Å². The van der Waals surface area contributed by atoms with Crippen molar-refractivity contribution in [1.82, 2.24) is 0 Å². The van der Waals surface area contributed by atoms with E-state index >= 15 is 0 Å². The first-order chi connectivity index (χ1) is 11.3. The van der Waals surface area contributed by atoms with Crippen molar-refractivity contribution in [3.8, 4) is 0 Å². The molecule has 23 heavy (non-hydrogen) atoms. The number of benzene rings is 2. The van der Waals surface area contributed by atoms with Gasteiger partial charge in [-0.1, -0.05) is 68.8 Å². The van der Waals surface area contributed by atoms with E-state index in [9.17, 15) is 0 Å². The fourth-order valence-electron chi connectivity index (χ4n) is 3.22. The van der Waals surface area contributed by atoms with Crippen LogP contribution >= 0.6 is 11.8 Å². The zero-order chi connectivity index (χ0) is 16.1. The Morgan fingerprint density at radius 1 is 0.957 bits per heavy atom. The first kappa shape index (κ1) is 16.4. The summed E-state index contributed by atoms with van der Waals surface area (Å²) < 4.78 is 0. The third-order valence-electron chi connectivity index (χ3n) is 4.66. The maximum atomic E-state index is 2.53.